The topological polar surface area (TPSA) is 62.2 Å². The van der Waals surface area contributed by atoms with Crippen molar-refractivity contribution < 1.29 is 9.90 Å². The predicted molar refractivity (Wildman–Crippen MR) is 53.9 cm³/mol. The molecule has 0 saturated carbocycles. The highest BCUT2D eigenvalue weighted by Gasteiger charge is 2.23. The highest BCUT2D eigenvalue weighted by molar-refractivity contribution is 5.96. The minimum absolute atomic E-state index is 0.440. The van der Waals surface area contributed by atoms with Gasteiger partial charge in [-0.15, -0.1) is 0 Å². The lowest BCUT2D eigenvalue weighted by Crippen LogP contribution is -2.36. The zero-order chi connectivity index (χ0) is 10.8. The Morgan fingerprint density at radius 2 is 2.14 bits per heavy atom. The Kier molecular flexibility index (Phi) is 2.86. The molecule has 0 atom stereocenters. The molecule has 2 N–H and O–H groups in total. The maximum atomic E-state index is 11.4. The third kappa shape index (κ3) is 2.81. The summed E-state index contributed by atoms with van der Waals surface area (Å²) in [6.07, 6.45) is 3.23. The van der Waals surface area contributed by atoms with Gasteiger partial charge in [-0.3, -0.25) is 9.78 Å². The van der Waals surface area contributed by atoms with Crippen molar-refractivity contribution in [3.05, 3.63) is 24.0 Å². The second-order valence-electron chi connectivity index (χ2n) is 3.76. The van der Waals surface area contributed by atoms with Crippen molar-refractivity contribution in [1.82, 2.24) is 4.98 Å². The molecule has 1 rings (SSSR count). The van der Waals surface area contributed by atoms with Gasteiger partial charge in [-0.25, -0.2) is 0 Å². The summed E-state index contributed by atoms with van der Waals surface area (Å²) in [5.41, 5.74) is 0.180. The number of carbonyl (C=O) groups is 1. The van der Waals surface area contributed by atoms with Crippen molar-refractivity contribution in [3.63, 3.8) is 0 Å². The first-order valence-corrected chi connectivity index (χ1v) is 4.35. The van der Waals surface area contributed by atoms with Crippen LogP contribution in [0.25, 0.3) is 0 Å². The Labute approximate surface area is 83.0 Å². The summed E-state index contributed by atoms with van der Waals surface area (Å²) in [6, 6.07) is 1.79. The van der Waals surface area contributed by atoms with E-state index in [1.165, 1.54) is 20.0 Å². The lowest BCUT2D eigenvalue weighted by atomic mass is 10.1. The molecular weight excluding hydrogens is 180 g/mol. The number of amides is 1. The molecule has 76 valence electrons. The fraction of sp³-hybridized carbons (Fsp3) is 0.400. The van der Waals surface area contributed by atoms with E-state index in [4.69, 9.17) is 0 Å². The van der Waals surface area contributed by atoms with Crippen LogP contribution in [-0.2, 0) is 4.79 Å². The monoisotopic (exact) mass is 194 g/mol. The molecular formula is C10H14N2O2. The molecule has 0 unspecified atom stereocenters. The van der Waals surface area contributed by atoms with Crippen LogP contribution in [0.5, 0.6) is 0 Å². The molecule has 1 aromatic heterocycles. The average molecular weight is 194 g/mol. The number of rotatable bonds is 2. The van der Waals surface area contributed by atoms with Crippen molar-refractivity contribution >= 4 is 11.6 Å². The molecule has 0 radical (unpaired) electrons. The van der Waals surface area contributed by atoms with Crippen LogP contribution in [0.15, 0.2) is 18.5 Å². The molecule has 4 nitrogen and oxygen atoms in total. The van der Waals surface area contributed by atoms with E-state index in [1.807, 2.05) is 6.92 Å². The third-order valence-corrected chi connectivity index (χ3v) is 1.69. The third-order valence-electron chi connectivity index (χ3n) is 1.69. The summed E-state index contributed by atoms with van der Waals surface area (Å²) in [7, 11) is 0. The van der Waals surface area contributed by atoms with Gasteiger partial charge in [-0.05, 0) is 32.4 Å². The van der Waals surface area contributed by atoms with Crippen LogP contribution in [0.2, 0.25) is 0 Å². The van der Waals surface area contributed by atoms with Gasteiger partial charge in [-0.1, -0.05) is 0 Å². The van der Waals surface area contributed by atoms with Crippen LogP contribution in [0.1, 0.15) is 19.4 Å². The molecule has 1 heterocycles. The zero-order valence-corrected chi connectivity index (χ0v) is 8.53. The number of nitrogens with one attached hydrogen (secondary N) is 1. The normalized spacial score (nSPS) is 11.1. The summed E-state index contributed by atoms with van der Waals surface area (Å²) in [4.78, 5) is 15.3. The first-order chi connectivity index (χ1) is 6.39. The van der Waals surface area contributed by atoms with Crippen LogP contribution < -0.4 is 5.32 Å². The maximum absolute atomic E-state index is 11.4. The molecule has 0 aromatic carbocycles. The van der Waals surface area contributed by atoms with Gasteiger partial charge in [0.05, 0.1) is 11.9 Å². The van der Waals surface area contributed by atoms with E-state index in [1.54, 1.807) is 12.3 Å². The number of carbonyl (C=O) groups excluding carboxylic acids is 1. The smallest absolute Gasteiger partial charge is 0.255 e. The van der Waals surface area contributed by atoms with E-state index in [-0.39, 0.29) is 0 Å². The van der Waals surface area contributed by atoms with E-state index in [2.05, 4.69) is 10.3 Å². The van der Waals surface area contributed by atoms with Gasteiger partial charge < -0.3 is 10.4 Å². The van der Waals surface area contributed by atoms with Crippen molar-refractivity contribution in [1.29, 1.82) is 0 Å². The van der Waals surface area contributed by atoms with Gasteiger partial charge in [0.15, 0.2) is 0 Å². The Morgan fingerprint density at radius 1 is 1.50 bits per heavy atom. The summed E-state index contributed by atoms with van der Waals surface area (Å²) in [5.74, 6) is -0.440. The lowest BCUT2D eigenvalue weighted by Gasteiger charge is -2.16. The van der Waals surface area contributed by atoms with Crippen LogP contribution in [-0.4, -0.2) is 21.6 Å². The molecule has 1 amide bonds. The van der Waals surface area contributed by atoms with E-state index >= 15 is 0 Å². The van der Waals surface area contributed by atoms with Crippen LogP contribution in [0.3, 0.4) is 0 Å². The largest absolute Gasteiger partial charge is 0.381 e. The van der Waals surface area contributed by atoms with Gasteiger partial charge in [0.25, 0.3) is 5.91 Å². The van der Waals surface area contributed by atoms with Crippen molar-refractivity contribution in [3.8, 4) is 0 Å². The minimum Gasteiger partial charge on any atom is -0.381 e. The number of aromatic nitrogens is 1. The Morgan fingerprint density at radius 3 is 2.64 bits per heavy atom. The van der Waals surface area contributed by atoms with Crippen LogP contribution >= 0.6 is 0 Å². The number of hydrogen-bond acceptors (Lipinski definition) is 3. The van der Waals surface area contributed by atoms with Crippen molar-refractivity contribution in [2.75, 3.05) is 5.32 Å². The predicted octanol–water partition coefficient (Wildman–Crippen LogP) is 1.10. The maximum Gasteiger partial charge on any atom is 0.255 e. The van der Waals surface area contributed by atoms with Gasteiger partial charge in [0.2, 0.25) is 0 Å². The molecule has 1 aromatic rings. The second-order valence-corrected chi connectivity index (χ2v) is 3.76. The molecule has 0 aliphatic carbocycles. The SMILES string of the molecule is Cc1cncc(NC(=O)C(C)(C)O)c1. The van der Waals surface area contributed by atoms with Gasteiger partial charge in [0.1, 0.15) is 5.60 Å². The Bertz CT molecular complexity index is 342. The van der Waals surface area contributed by atoms with Gasteiger partial charge in [-0.2, -0.15) is 0 Å². The molecule has 0 saturated heterocycles. The number of pyridine rings is 1. The van der Waals surface area contributed by atoms with Gasteiger partial charge >= 0.3 is 0 Å². The molecule has 0 aliphatic heterocycles. The lowest BCUT2D eigenvalue weighted by molar-refractivity contribution is -0.130. The zero-order valence-electron chi connectivity index (χ0n) is 8.53. The second kappa shape index (κ2) is 3.75. The minimum atomic E-state index is -1.37. The molecule has 0 fully saturated rings. The number of aryl methyl sites for hydroxylation is 1. The van der Waals surface area contributed by atoms with Crippen molar-refractivity contribution in [2.24, 2.45) is 0 Å². The number of hydrogen-bond donors (Lipinski definition) is 2. The Balaban J connectivity index is 2.75. The summed E-state index contributed by atoms with van der Waals surface area (Å²) >= 11 is 0. The summed E-state index contributed by atoms with van der Waals surface area (Å²) < 4.78 is 0. The summed E-state index contributed by atoms with van der Waals surface area (Å²) in [5, 5.41) is 12.0. The van der Waals surface area contributed by atoms with Crippen molar-refractivity contribution in [2.45, 2.75) is 26.4 Å². The fourth-order valence-corrected chi connectivity index (χ4v) is 0.907. The highest BCUT2D eigenvalue weighted by atomic mass is 16.3. The fourth-order valence-electron chi connectivity index (χ4n) is 0.907. The van der Waals surface area contributed by atoms with E-state index < -0.39 is 11.5 Å². The molecule has 0 bridgehead atoms. The standard InChI is InChI=1S/C10H14N2O2/c1-7-4-8(6-11-5-7)12-9(13)10(2,3)14/h4-6,14H,1-3H3,(H,12,13). The molecule has 0 aliphatic rings. The first kappa shape index (κ1) is 10.7. The average Bonchev–Trinajstić information content (AvgIpc) is 2.02. The Hall–Kier alpha value is -1.42. The van der Waals surface area contributed by atoms with E-state index in [0.29, 0.717) is 5.69 Å². The number of aliphatic hydroxyl groups is 1. The number of nitrogens with zero attached hydrogens (tertiary/aromatic N) is 1. The van der Waals surface area contributed by atoms with Gasteiger partial charge in [0, 0.05) is 6.20 Å². The first-order valence-electron chi connectivity index (χ1n) is 4.35. The van der Waals surface area contributed by atoms with Crippen LogP contribution in [0.4, 0.5) is 5.69 Å². The van der Waals surface area contributed by atoms with E-state index in [9.17, 15) is 9.90 Å². The highest BCUT2D eigenvalue weighted by Crippen LogP contribution is 2.10. The number of anilines is 1. The molecule has 0 spiro atoms. The summed E-state index contributed by atoms with van der Waals surface area (Å²) in [6.45, 7) is 4.75. The van der Waals surface area contributed by atoms with Crippen LogP contribution in [0, 0.1) is 6.92 Å². The molecule has 4 heteroatoms. The van der Waals surface area contributed by atoms with E-state index in [0.717, 1.165) is 5.56 Å². The quantitative estimate of drug-likeness (QED) is 0.741. The molecule has 14 heavy (non-hydrogen) atoms.